The maximum atomic E-state index is 12.1. The Morgan fingerprint density at radius 1 is 1.40 bits per heavy atom. The van der Waals surface area contributed by atoms with Crippen LogP contribution in [0.2, 0.25) is 0 Å². The minimum absolute atomic E-state index is 0.353. The van der Waals surface area contributed by atoms with Crippen LogP contribution in [0.4, 0.5) is 5.69 Å². The van der Waals surface area contributed by atoms with Gasteiger partial charge in [0.05, 0.1) is 19.1 Å². The Balaban J connectivity index is 3.47. The molecule has 6 nitrogen and oxygen atoms in total. The summed E-state index contributed by atoms with van der Waals surface area (Å²) in [5, 5.41) is 2.45. The molecule has 1 aromatic carbocycles. The Labute approximate surface area is 119 Å². The highest BCUT2D eigenvalue weighted by molar-refractivity contribution is 7.92. The molecule has 1 N–H and O–H groups in total. The van der Waals surface area contributed by atoms with Crippen LogP contribution in [0.5, 0.6) is 5.75 Å². The molecule has 0 aliphatic rings. The zero-order chi connectivity index (χ0) is 15.5. The number of nitrogens with one attached hydrogen (secondary N) is 1. The van der Waals surface area contributed by atoms with Crippen LogP contribution in [0.1, 0.15) is 12.5 Å². The largest absolute Gasteiger partial charge is 0.495 e. The minimum atomic E-state index is -3.63. The number of methoxy groups -OCH3 is 1. The first kappa shape index (κ1) is 16.3. The monoisotopic (exact) mass is 300 g/mol. The van der Waals surface area contributed by atoms with Gasteiger partial charge in [-0.05, 0) is 31.5 Å². The van der Waals surface area contributed by atoms with Crippen LogP contribution in [0, 0.1) is 6.92 Å². The van der Waals surface area contributed by atoms with E-state index in [1.807, 2.05) is 13.0 Å². The van der Waals surface area contributed by atoms with E-state index < -0.39 is 16.1 Å². The average molecular weight is 300 g/mol. The number of benzene rings is 1. The predicted molar refractivity (Wildman–Crippen MR) is 78.6 cm³/mol. The molecule has 0 spiro atoms. The normalized spacial score (nSPS) is 12.7. The highest BCUT2D eigenvalue weighted by Gasteiger charge is 2.30. The molecule has 0 bridgehead atoms. The number of carbonyl (C=O) groups excluding carboxylic acids is 1. The SMILES string of the molecule is CNC(=O)[C@@H](C)N(c1cc(C)ccc1OC)S(C)(=O)=O. The lowest BCUT2D eigenvalue weighted by Crippen LogP contribution is -2.47. The Morgan fingerprint density at radius 2 is 2.00 bits per heavy atom. The van der Waals surface area contributed by atoms with Crippen molar-refractivity contribution in [1.82, 2.24) is 5.32 Å². The molecular formula is C13H20N2O4S. The highest BCUT2D eigenvalue weighted by Crippen LogP contribution is 2.32. The van der Waals surface area contributed by atoms with Crippen molar-refractivity contribution in [2.45, 2.75) is 19.9 Å². The summed E-state index contributed by atoms with van der Waals surface area (Å²) in [5.74, 6) is 0.00997. The first-order valence-corrected chi connectivity index (χ1v) is 7.92. The van der Waals surface area contributed by atoms with E-state index in [0.717, 1.165) is 16.1 Å². The third-order valence-electron chi connectivity index (χ3n) is 2.91. The molecule has 0 unspecified atom stereocenters. The summed E-state index contributed by atoms with van der Waals surface area (Å²) >= 11 is 0. The molecule has 1 aromatic rings. The van der Waals surface area contributed by atoms with Crippen LogP contribution in [-0.2, 0) is 14.8 Å². The molecule has 0 aliphatic heterocycles. The van der Waals surface area contributed by atoms with Crippen molar-refractivity contribution in [2.75, 3.05) is 24.7 Å². The van der Waals surface area contributed by atoms with Crippen LogP contribution >= 0.6 is 0 Å². The highest BCUT2D eigenvalue weighted by atomic mass is 32.2. The second-order valence-corrected chi connectivity index (χ2v) is 6.38. The van der Waals surface area contributed by atoms with Crippen molar-refractivity contribution < 1.29 is 17.9 Å². The quantitative estimate of drug-likeness (QED) is 0.877. The third kappa shape index (κ3) is 3.41. The van der Waals surface area contributed by atoms with Crippen LogP contribution in [0.25, 0.3) is 0 Å². The summed E-state index contributed by atoms with van der Waals surface area (Å²) in [6.07, 6.45) is 1.06. The summed E-state index contributed by atoms with van der Waals surface area (Å²) < 4.78 is 30.4. The van der Waals surface area contributed by atoms with Crippen molar-refractivity contribution in [2.24, 2.45) is 0 Å². The molecule has 7 heteroatoms. The number of sulfonamides is 1. The van der Waals surface area contributed by atoms with E-state index in [-0.39, 0.29) is 5.91 Å². The Morgan fingerprint density at radius 3 is 2.45 bits per heavy atom. The van der Waals surface area contributed by atoms with Gasteiger partial charge in [0.15, 0.2) is 0 Å². The topological polar surface area (TPSA) is 75.7 Å². The summed E-state index contributed by atoms with van der Waals surface area (Å²) in [6, 6.07) is 4.30. The standard InChI is InChI=1S/C13H20N2O4S/c1-9-6-7-12(19-4)11(8-9)15(20(5,17)18)10(2)13(16)14-3/h6-8,10H,1-5H3,(H,14,16)/t10-/m1/s1. The number of ether oxygens (including phenoxy) is 1. The van der Waals surface area contributed by atoms with E-state index in [4.69, 9.17) is 4.74 Å². The maximum absolute atomic E-state index is 12.1. The number of hydrogen-bond acceptors (Lipinski definition) is 4. The lowest BCUT2D eigenvalue weighted by molar-refractivity contribution is -0.121. The van der Waals surface area contributed by atoms with Crippen LogP contribution in [0.3, 0.4) is 0 Å². The van der Waals surface area contributed by atoms with E-state index in [0.29, 0.717) is 11.4 Å². The molecular weight excluding hydrogens is 280 g/mol. The van der Waals surface area contributed by atoms with Crippen LogP contribution in [-0.4, -0.2) is 40.8 Å². The molecule has 0 heterocycles. The molecule has 0 fully saturated rings. The van der Waals surface area contributed by atoms with Gasteiger partial charge in [0.25, 0.3) is 0 Å². The second kappa shape index (κ2) is 6.13. The number of likely N-dealkylation sites (N-methyl/N-ethyl adjacent to an activating group) is 1. The molecule has 0 aromatic heterocycles. The van der Waals surface area contributed by atoms with Gasteiger partial charge in [-0.2, -0.15) is 0 Å². The molecule has 112 valence electrons. The molecule has 0 saturated carbocycles. The fourth-order valence-corrected chi connectivity index (χ4v) is 3.13. The van der Waals surface area contributed by atoms with Gasteiger partial charge in [-0.15, -0.1) is 0 Å². The molecule has 0 radical (unpaired) electrons. The molecule has 0 aliphatic carbocycles. The Hall–Kier alpha value is -1.76. The minimum Gasteiger partial charge on any atom is -0.495 e. The number of carbonyl (C=O) groups is 1. The lowest BCUT2D eigenvalue weighted by atomic mass is 10.2. The molecule has 1 atom stereocenters. The Bertz CT molecular complexity index is 598. The van der Waals surface area contributed by atoms with Crippen molar-refractivity contribution in [3.63, 3.8) is 0 Å². The summed E-state index contributed by atoms with van der Waals surface area (Å²) in [5.41, 5.74) is 1.23. The number of hydrogen-bond donors (Lipinski definition) is 1. The van der Waals surface area contributed by atoms with Gasteiger partial charge >= 0.3 is 0 Å². The first-order chi connectivity index (χ1) is 9.22. The third-order valence-corrected chi connectivity index (χ3v) is 4.13. The molecule has 1 amide bonds. The number of rotatable bonds is 5. The van der Waals surface area contributed by atoms with E-state index in [2.05, 4.69) is 5.32 Å². The summed E-state index contributed by atoms with van der Waals surface area (Å²) in [4.78, 5) is 11.8. The number of nitrogens with zero attached hydrogens (tertiary/aromatic N) is 1. The van der Waals surface area contributed by atoms with Gasteiger partial charge in [-0.3, -0.25) is 9.10 Å². The van der Waals surface area contributed by atoms with E-state index >= 15 is 0 Å². The van der Waals surface area contributed by atoms with Crippen molar-refractivity contribution in [3.05, 3.63) is 23.8 Å². The maximum Gasteiger partial charge on any atom is 0.243 e. The van der Waals surface area contributed by atoms with Gasteiger partial charge in [-0.1, -0.05) is 6.07 Å². The number of aryl methyl sites for hydroxylation is 1. The smallest absolute Gasteiger partial charge is 0.243 e. The van der Waals surface area contributed by atoms with E-state index in [1.54, 1.807) is 12.1 Å². The first-order valence-electron chi connectivity index (χ1n) is 6.08. The van der Waals surface area contributed by atoms with Crippen molar-refractivity contribution in [1.29, 1.82) is 0 Å². The van der Waals surface area contributed by atoms with Gasteiger partial charge in [0, 0.05) is 7.05 Å². The molecule has 1 rings (SSSR count). The zero-order valence-electron chi connectivity index (χ0n) is 12.3. The second-order valence-electron chi connectivity index (χ2n) is 4.52. The number of amides is 1. The van der Waals surface area contributed by atoms with Crippen molar-refractivity contribution in [3.8, 4) is 5.75 Å². The fourth-order valence-electron chi connectivity index (χ4n) is 1.96. The van der Waals surface area contributed by atoms with Crippen molar-refractivity contribution >= 4 is 21.6 Å². The lowest BCUT2D eigenvalue weighted by Gasteiger charge is -2.29. The van der Waals surface area contributed by atoms with Crippen LogP contribution in [0.15, 0.2) is 18.2 Å². The summed E-state index contributed by atoms with van der Waals surface area (Å²) in [6.45, 7) is 3.37. The average Bonchev–Trinajstić information content (AvgIpc) is 2.36. The van der Waals surface area contributed by atoms with Gasteiger partial charge in [0.1, 0.15) is 11.8 Å². The van der Waals surface area contributed by atoms with E-state index in [1.165, 1.54) is 21.1 Å². The zero-order valence-corrected chi connectivity index (χ0v) is 13.1. The molecule has 20 heavy (non-hydrogen) atoms. The fraction of sp³-hybridized carbons (Fsp3) is 0.462. The van der Waals surface area contributed by atoms with Gasteiger partial charge < -0.3 is 10.1 Å². The Kier molecular flexibility index (Phi) is 4.99. The van der Waals surface area contributed by atoms with Gasteiger partial charge in [0.2, 0.25) is 15.9 Å². The predicted octanol–water partition coefficient (Wildman–Crippen LogP) is 0.904. The van der Waals surface area contributed by atoms with Gasteiger partial charge in [-0.25, -0.2) is 8.42 Å². The number of anilines is 1. The van der Waals surface area contributed by atoms with Crippen LogP contribution < -0.4 is 14.4 Å². The summed E-state index contributed by atoms with van der Waals surface area (Å²) in [7, 11) is -0.707. The molecule has 0 saturated heterocycles. The van der Waals surface area contributed by atoms with E-state index in [9.17, 15) is 13.2 Å².